The van der Waals surface area contributed by atoms with Gasteiger partial charge in [0.25, 0.3) is 0 Å². The first-order valence-electron chi connectivity index (χ1n) is 6.70. The van der Waals surface area contributed by atoms with E-state index in [9.17, 15) is 10.1 Å². The second-order valence-electron chi connectivity index (χ2n) is 4.75. The van der Waals surface area contributed by atoms with Crippen LogP contribution in [0.15, 0.2) is 18.2 Å². The summed E-state index contributed by atoms with van der Waals surface area (Å²) >= 11 is 6.13. The summed E-state index contributed by atoms with van der Waals surface area (Å²) in [6.07, 6.45) is 0.882. The molecule has 112 valence electrons. The van der Waals surface area contributed by atoms with Gasteiger partial charge in [0.1, 0.15) is 11.4 Å². The Labute approximate surface area is 127 Å². The van der Waals surface area contributed by atoms with Crippen LogP contribution in [0.3, 0.4) is 0 Å². The molecular formula is C14H17ClN4O2. The molecular weight excluding hydrogens is 292 g/mol. The van der Waals surface area contributed by atoms with Gasteiger partial charge in [-0.2, -0.15) is 5.10 Å². The zero-order valence-corrected chi connectivity index (χ0v) is 12.9. The molecule has 0 spiro atoms. The van der Waals surface area contributed by atoms with Gasteiger partial charge in [0, 0.05) is 6.54 Å². The molecule has 0 atom stereocenters. The molecule has 0 aliphatic rings. The number of hydrogen-bond acceptors (Lipinski definition) is 4. The van der Waals surface area contributed by atoms with E-state index in [0.717, 1.165) is 6.42 Å². The van der Waals surface area contributed by atoms with Gasteiger partial charge in [0.05, 0.1) is 21.3 Å². The van der Waals surface area contributed by atoms with E-state index in [4.69, 9.17) is 11.6 Å². The van der Waals surface area contributed by atoms with Crippen LogP contribution in [0.25, 0.3) is 5.69 Å². The van der Waals surface area contributed by atoms with E-state index in [1.807, 2.05) is 6.92 Å². The minimum absolute atomic E-state index is 0.00761. The Morgan fingerprint density at radius 2 is 2.14 bits per heavy atom. The van der Waals surface area contributed by atoms with Crippen molar-refractivity contribution in [3.63, 3.8) is 0 Å². The fourth-order valence-electron chi connectivity index (χ4n) is 2.15. The van der Waals surface area contributed by atoms with Gasteiger partial charge in [-0.05, 0) is 32.4 Å². The van der Waals surface area contributed by atoms with Crippen LogP contribution in [0.1, 0.15) is 24.7 Å². The second-order valence-corrected chi connectivity index (χ2v) is 5.13. The minimum atomic E-state index is -0.391. The van der Waals surface area contributed by atoms with E-state index in [1.165, 1.54) is 4.68 Å². The predicted octanol–water partition coefficient (Wildman–Crippen LogP) is 3.87. The molecule has 0 aliphatic carbocycles. The van der Waals surface area contributed by atoms with Crippen molar-refractivity contribution >= 4 is 23.0 Å². The maximum absolute atomic E-state index is 11.5. The second kappa shape index (κ2) is 6.13. The van der Waals surface area contributed by atoms with Crippen LogP contribution >= 0.6 is 11.6 Å². The minimum Gasteiger partial charge on any atom is -0.379 e. The monoisotopic (exact) mass is 308 g/mol. The lowest BCUT2D eigenvalue weighted by Crippen LogP contribution is -2.08. The van der Waals surface area contributed by atoms with E-state index >= 15 is 0 Å². The zero-order valence-electron chi connectivity index (χ0n) is 12.2. The Morgan fingerprint density at radius 1 is 1.43 bits per heavy atom. The van der Waals surface area contributed by atoms with Crippen LogP contribution in [0.5, 0.6) is 0 Å². The largest absolute Gasteiger partial charge is 0.379 e. The summed E-state index contributed by atoms with van der Waals surface area (Å²) in [4.78, 5) is 11.1. The quantitative estimate of drug-likeness (QED) is 0.672. The first-order chi connectivity index (χ1) is 9.97. The van der Waals surface area contributed by atoms with Crippen molar-refractivity contribution in [3.8, 4) is 5.69 Å². The van der Waals surface area contributed by atoms with Gasteiger partial charge in [-0.25, -0.2) is 4.68 Å². The number of aryl methyl sites for hydroxylation is 1. The van der Waals surface area contributed by atoms with Crippen molar-refractivity contribution in [1.82, 2.24) is 9.78 Å². The molecule has 1 N–H and O–H groups in total. The van der Waals surface area contributed by atoms with Gasteiger partial charge in [-0.1, -0.05) is 24.6 Å². The lowest BCUT2D eigenvalue weighted by molar-refractivity contribution is -0.383. The number of anilines is 1. The van der Waals surface area contributed by atoms with E-state index in [1.54, 1.807) is 32.0 Å². The summed E-state index contributed by atoms with van der Waals surface area (Å²) in [5.41, 5.74) is 2.24. The number of nitrogens with zero attached hydrogens (tertiary/aromatic N) is 3. The Bertz CT molecular complexity index is 682. The normalized spacial score (nSPS) is 10.7. The topological polar surface area (TPSA) is 73.0 Å². The van der Waals surface area contributed by atoms with Gasteiger partial charge in [0.15, 0.2) is 0 Å². The van der Waals surface area contributed by atoms with Gasteiger partial charge in [-0.15, -0.1) is 0 Å². The predicted molar refractivity (Wildman–Crippen MR) is 83.5 cm³/mol. The van der Waals surface area contributed by atoms with Gasteiger partial charge < -0.3 is 5.32 Å². The van der Waals surface area contributed by atoms with Crippen molar-refractivity contribution in [2.24, 2.45) is 0 Å². The molecule has 6 nitrogen and oxygen atoms in total. The third-order valence-corrected chi connectivity index (χ3v) is 3.74. The highest BCUT2D eigenvalue weighted by Gasteiger charge is 2.23. The van der Waals surface area contributed by atoms with Crippen molar-refractivity contribution in [2.75, 3.05) is 11.9 Å². The molecule has 0 aliphatic heterocycles. The van der Waals surface area contributed by atoms with E-state index in [2.05, 4.69) is 10.4 Å². The highest BCUT2D eigenvalue weighted by atomic mass is 35.5. The number of para-hydroxylation sites is 1. The van der Waals surface area contributed by atoms with Crippen molar-refractivity contribution in [3.05, 3.63) is 44.7 Å². The molecule has 0 amide bonds. The van der Waals surface area contributed by atoms with Gasteiger partial charge in [0.2, 0.25) is 0 Å². The molecule has 21 heavy (non-hydrogen) atoms. The average Bonchev–Trinajstić information content (AvgIpc) is 2.72. The van der Waals surface area contributed by atoms with E-state index < -0.39 is 4.92 Å². The Balaban J connectivity index is 2.62. The number of nitro groups is 1. The summed E-state index contributed by atoms with van der Waals surface area (Å²) in [5, 5.41) is 19.4. The molecule has 2 aromatic rings. The summed E-state index contributed by atoms with van der Waals surface area (Å²) in [6, 6.07) is 5.14. The number of benzene rings is 1. The molecule has 1 heterocycles. The maximum Gasteiger partial charge on any atom is 0.317 e. The number of aromatic nitrogens is 2. The third kappa shape index (κ3) is 2.85. The first kappa shape index (κ1) is 15.3. The average molecular weight is 309 g/mol. The smallest absolute Gasteiger partial charge is 0.317 e. The Hall–Kier alpha value is -2.08. The molecule has 0 unspecified atom stereocenters. The number of hydrogen-bond donors (Lipinski definition) is 1. The maximum atomic E-state index is 11.5. The number of halogens is 1. The first-order valence-corrected chi connectivity index (χ1v) is 7.08. The van der Waals surface area contributed by atoms with E-state index in [0.29, 0.717) is 34.3 Å². The molecule has 1 aromatic carbocycles. The van der Waals surface area contributed by atoms with Crippen molar-refractivity contribution in [2.45, 2.75) is 27.2 Å². The highest BCUT2D eigenvalue weighted by molar-refractivity contribution is 6.31. The highest BCUT2D eigenvalue weighted by Crippen LogP contribution is 2.33. The lowest BCUT2D eigenvalue weighted by Gasteiger charge is -2.10. The lowest BCUT2D eigenvalue weighted by atomic mass is 10.2. The van der Waals surface area contributed by atoms with Crippen LogP contribution in [0, 0.1) is 24.0 Å². The van der Waals surface area contributed by atoms with E-state index in [-0.39, 0.29) is 5.69 Å². The molecule has 2 rings (SSSR count). The fraction of sp³-hybridized carbons (Fsp3) is 0.357. The fourth-order valence-corrected chi connectivity index (χ4v) is 2.27. The number of nitrogens with one attached hydrogen (secondary N) is 1. The molecule has 0 saturated heterocycles. The van der Waals surface area contributed by atoms with Crippen LogP contribution in [-0.2, 0) is 0 Å². The van der Waals surface area contributed by atoms with Crippen LogP contribution in [0.2, 0.25) is 5.02 Å². The Morgan fingerprint density at radius 3 is 2.67 bits per heavy atom. The summed E-state index contributed by atoms with van der Waals surface area (Å²) in [5.74, 6) is 0. The van der Waals surface area contributed by atoms with Gasteiger partial charge in [-0.3, -0.25) is 10.1 Å². The molecule has 0 radical (unpaired) electrons. The Kier molecular flexibility index (Phi) is 4.47. The molecule has 7 heteroatoms. The molecule has 1 aromatic heterocycles. The molecule has 0 bridgehead atoms. The number of nitro benzene ring substituents is 1. The van der Waals surface area contributed by atoms with Gasteiger partial charge >= 0.3 is 5.69 Å². The van der Waals surface area contributed by atoms with Crippen LogP contribution in [-0.4, -0.2) is 21.2 Å². The third-order valence-electron chi connectivity index (χ3n) is 3.19. The standard InChI is InChI=1S/C14H17ClN4O2/c1-4-8-16-11-6-5-7-12(14(11)19(20)21)18-10(3)13(15)9(2)17-18/h5-7,16H,4,8H2,1-3H3. The van der Waals surface area contributed by atoms with Crippen molar-refractivity contribution in [1.29, 1.82) is 0 Å². The van der Waals surface area contributed by atoms with Crippen molar-refractivity contribution < 1.29 is 4.92 Å². The van der Waals surface area contributed by atoms with Crippen LogP contribution in [0.4, 0.5) is 11.4 Å². The summed E-state index contributed by atoms with van der Waals surface area (Å²) in [7, 11) is 0. The zero-order chi connectivity index (χ0) is 15.6. The molecule has 0 saturated carbocycles. The number of rotatable bonds is 5. The molecule has 0 fully saturated rings. The SMILES string of the molecule is CCCNc1cccc(-n2nc(C)c(Cl)c2C)c1[N+](=O)[O-]. The van der Waals surface area contributed by atoms with Crippen LogP contribution < -0.4 is 5.32 Å². The summed E-state index contributed by atoms with van der Waals surface area (Å²) in [6.45, 7) is 6.24. The summed E-state index contributed by atoms with van der Waals surface area (Å²) < 4.78 is 1.52.